The van der Waals surface area contributed by atoms with E-state index >= 15 is 0 Å². The number of hydrogen-bond donors (Lipinski definition) is 1. The Morgan fingerprint density at radius 2 is 2.11 bits per heavy atom. The Morgan fingerprint density at radius 1 is 1.29 bits per heavy atom. The molecule has 3 heterocycles. The quantitative estimate of drug-likeness (QED) is 0.853. The van der Waals surface area contributed by atoms with Crippen molar-refractivity contribution < 1.29 is 13.9 Å². The summed E-state index contributed by atoms with van der Waals surface area (Å²) in [4.78, 5) is 19.0. The van der Waals surface area contributed by atoms with Gasteiger partial charge in [0, 0.05) is 26.6 Å². The van der Waals surface area contributed by atoms with Crippen LogP contribution in [-0.4, -0.2) is 51.9 Å². The minimum atomic E-state index is -0.214. The number of aryl methyl sites for hydroxylation is 1. The van der Waals surface area contributed by atoms with Crippen LogP contribution in [0.1, 0.15) is 30.1 Å². The third-order valence-electron chi connectivity index (χ3n) is 5.51. The van der Waals surface area contributed by atoms with Crippen LogP contribution in [-0.2, 0) is 30.7 Å². The number of rotatable bonds is 5. The number of nitrogens with zero attached hydrogens (tertiary/aromatic N) is 4. The molecule has 0 radical (unpaired) electrons. The molecule has 0 spiro atoms. The number of aromatic nitrogens is 3. The summed E-state index contributed by atoms with van der Waals surface area (Å²) in [6.45, 7) is 2.55. The highest BCUT2D eigenvalue weighted by atomic mass is 19.1. The Bertz CT molecular complexity index is 823. The predicted molar refractivity (Wildman–Crippen MR) is 101 cm³/mol. The van der Waals surface area contributed by atoms with E-state index in [0.717, 1.165) is 50.2 Å². The van der Waals surface area contributed by atoms with Crippen molar-refractivity contribution >= 4 is 6.03 Å². The zero-order chi connectivity index (χ0) is 19.5. The number of urea groups is 1. The molecular weight excluding hydrogens is 361 g/mol. The van der Waals surface area contributed by atoms with Gasteiger partial charge in [0.05, 0.1) is 12.6 Å². The maximum Gasteiger partial charge on any atom is 0.317 e. The molecule has 1 saturated heterocycles. The molecule has 7 nitrogen and oxygen atoms in total. The van der Waals surface area contributed by atoms with Gasteiger partial charge in [0.2, 0.25) is 0 Å². The first-order valence-corrected chi connectivity index (χ1v) is 9.82. The number of halogens is 1. The van der Waals surface area contributed by atoms with Gasteiger partial charge in [-0.25, -0.2) is 18.9 Å². The maximum atomic E-state index is 13.0. The van der Waals surface area contributed by atoms with E-state index in [0.29, 0.717) is 24.9 Å². The predicted octanol–water partition coefficient (Wildman–Crippen LogP) is 2.15. The van der Waals surface area contributed by atoms with E-state index in [9.17, 15) is 9.18 Å². The number of likely N-dealkylation sites (tertiary alicyclic amines) is 1. The first kappa shape index (κ1) is 18.9. The number of hydrogen-bond acceptors (Lipinski definition) is 4. The summed E-state index contributed by atoms with van der Waals surface area (Å²) in [5.41, 5.74) is 1.12. The van der Waals surface area contributed by atoms with Crippen molar-refractivity contribution in [2.45, 2.75) is 44.9 Å². The number of carbonyl (C=O) groups excluding carboxylic acids is 1. The molecule has 28 heavy (non-hydrogen) atoms. The molecule has 2 unspecified atom stereocenters. The van der Waals surface area contributed by atoms with Gasteiger partial charge in [-0.1, -0.05) is 12.1 Å². The molecule has 4 rings (SSSR count). The molecule has 1 fully saturated rings. The second-order valence-corrected chi connectivity index (χ2v) is 7.68. The molecule has 0 saturated carbocycles. The van der Waals surface area contributed by atoms with Gasteiger partial charge in [0.1, 0.15) is 18.2 Å². The van der Waals surface area contributed by atoms with Crippen molar-refractivity contribution in [2.75, 3.05) is 20.2 Å². The minimum absolute atomic E-state index is 0.00714. The number of amides is 2. The van der Waals surface area contributed by atoms with E-state index in [1.165, 1.54) is 12.1 Å². The van der Waals surface area contributed by atoms with Crippen molar-refractivity contribution in [1.29, 1.82) is 0 Å². The van der Waals surface area contributed by atoms with Gasteiger partial charge >= 0.3 is 6.03 Å². The summed E-state index contributed by atoms with van der Waals surface area (Å²) in [7, 11) is 1.63. The van der Waals surface area contributed by atoms with Gasteiger partial charge < -0.3 is 15.0 Å². The molecule has 8 heteroatoms. The van der Waals surface area contributed by atoms with E-state index in [-0.39, 0.29) is 17.9 Å². The highest BCUT2D eigenvalue weighted by molar-refractivity contribution is 5.74. The second-order valence-electron chi connectivity index (χ2n) is 7.68. The molecule has 1 N–H and O–H groups in total. The van der Waals surface area contributed by atoms with Crippen LogP contribution >= 0.6 is 0 Å². The van der Waals surface area contributed by atoms with Crippen LogP contribution in [0.25, 0.3) is 0 Å². The minimum Gasteiger partial charge on any atom is -0.377 e. The molecule has 2 atom stereocenters. The molecule has 2 aliphatic heterocycles. The van der Waals surface area contributed by atoms with Crippen molar-refractivity contribution in [3.8, 4) is 0 Å². The van der Waals surface area contributed by atoms with Gasteiger partial charge in [-0.2, -0.15) is 5.10 Å². The first-order valence-electron chi connectivity index (χ1n) is 9.82. The number of nitrogens with one attached hydrogen (secondary N) is 1. The molecule has 0 bridgehead atoms. The zero-order valence-corrected chi connectivity index (χ0v) is 16.1. The average molecular weight is 387 g/mol. The Hall–Kier alpha value is -2.48. The molecule has 1 aromatic carbocycles. The third kappa shape index (κ3) is 4.32. The van der Waals surface area contributed by atoms with Gasteiger partial charge in [-0.05, 0) is 42.9 Å². The van der Waals surface area contributed by atoms with Crippen LogP contribution in [0.4, 0.5) is 9.18 Å². The van der Waals surface area contributed by atoms with E-state index in [1.54, 1.807) is 7.11 Å². The van der Waals surface area contributed by atoms with E-state index in [1.807, 2.05) is 21.7 Å². The summed E-state index contributed by atoms with van der Waals surface area (Å²) in [6.07, 6.45) is 3.51. The normalized spacial score (nSPS) is 21.6. The summed E-state index contributed by atoms with van der Waals surface area (Å²) in [5, 5.41) is 7.60. The first-order chi connectivity index (χ1) is 13.6. The van der Waals surface area contributed by atoms with Crippen molar-refractivity contribution in [3.63, 3.8) is 0 Å². The second kappa shape index (κ2) is 8.26. The molecular formula is C20H26FN5O2. The van der Waals surface area contributed by atoms with Gasteiger partial charge in [0.25, 0.3) is 0 Å². The van der Waals surface area contributed by atoms with Crippen molar-refractivity contribution in [1.82, 2.24) is 25.0 Å². The lowest BCUT2D eigenvalue weighted by atomic mass is 9.99. The number of ether oxygens (including phenoxy) is 1. The summed E-state index contributed by atoms with van der Waals surface area (Å²) >= 11 is 0. The number of methoxy groups -OCH3 is 1. The highest BCUT2D eigenvalue weighted by Crippen LogP contribution is 2.22. The number of fused-ring (bicyclic) bond motifs is 1. The van der Waals surface area contributed by atoms with Crippen LogP contribution in [0.3, 0.4) is 0 Å². The van der Waals surface area contributed by atoms with E-state index in [4.69, 9.17) is 4.74 Å². The fourth-order valence-corrected chi connectivity index (χ4v) is 4.07. The fourth-order valence-electron chi connectivity index (χ4n) is 4.07. The zero-order valence-electron chi connectivity index (χ0n) is 16.1. The number of benzene rings is 1. The molecule has 2 aliphatic rings. The lowest BCUT2D eigenvalue weighted by Crippen LogP contribution is -2.47. The molecule has 2 aromatic rings. The van der Waals surface area contributed by atoms with Crippen molar-refractivity contribution in [2.24, 2.45) is 5.92 Å². The fraction of sp³-hybridized carbons (Fsp3) is 0.550. The van der Waals surface area contributed by atoms with Crippen LogP contribution in [0, 0.1) is 11.7 Å². The number of carbonyl (C=O) groups is 1. The lowest BCUT2D eigenvalue weighted by Gasteiger charge is -2.26. The summed E-state index contributed by atoms with van der Waals surface area (Å²) in [5.74, 6) is 1.85. The van der Waals surface area contributed by atoms with Gasteiger partial charge in [0.15, 0.2) is 5.82 Å². The average Bonchev–Trinajstić information content (AvgIpc) is 3.30. The Labute approximate surface area is 163 Å². The van der Waals surface area contributed by atoms with Gasteiger partial charge in [-0.15, -0.1) is 0 Å². The van der Waals surface area contributed by atoms with Crippen LogP contribution < -0.4 is 5.32 Å². The summed E-state index contributed by atoms with van der Waals surface area (Å²) < 4.78 is 20.0. The standard InChI is InChI=1S/C20H26FN5O2/c1-28-13-18-23-19-7-6-17(12-26(19)24-18)22-20(27)25-9-8-15(11-25)10-14-2-4-16(21)5-3-14/h2-5,15,17H,6-13H2,1H3,(H,22,27). The van der Waals surface area contributed by atoms with Crippen LogP contribution in [0.15, 0.2) is 24.3 Å². The van der Waals surface area contributed by atoms with Crippen LogP contribution in [0.5, 0.6) is 0 Å². The molecule has 2 amide bonds. The Balaban J connectivity index is 1.28. The molecule has 1 aromatic heterocycles. The van der Waals surface area contributed by atoms with Crippen LogP contribution in [0.2, 0.25) is 0 Å². The third-order valence-corrected chi connectivity index (χ3v) is 5.51. The topological polar surface area (TPSA) is 72.3 Å². The van der Waals surface area contributed by atoms with E-state index in [2.05, 4.69) is 15.4 Å². The smallest absolute Gasteiger partial charge is 0.317 e. The van der Waals surface area contributed by atoms with Gasteiger partial charge in [-0.3, -0.25) is 0 Å². The molecule has 0 aliphatic carbocycles. The Kier molecular flexibility index (Phi) is 5.57. The SMILES string of the molecule is COCc1nc2n(n1)CC(NC(=O)N1CCC(Cc3ccc(F)cc3)C1)CC2. The van der Waals surface area contributed by atoms with E-state index < -0.39 is 0 Å². The van der Waals surface area contributed by atoms with Crippen molar-refractivity contribution in [3.05, 3.63) is 47.3 Å². The monoisotopic (exact) mass is 387 g/mol. The highest BCUT2D eigenvalue weighted by Gasteiger charge is 2.29. The molecule has 150 valence electrons. The summed E-state index contributed by atoms with van der Waals surface area (Å²) in [6, 6.07) is 6.70. The Morgan fingerprint density at radius 3 is 2.89 bits per heavy atom. The largest absolute Gasteiger partial charge is 0.377 e. The lowest BCUT2D eigenvalue weighted by molar-refractivity contribution is 0.177. The maximum absolute atomic E-state index is 13.0.